The number of fused-ring (bicyclic) bond motifs is 1. The number of carbonyl (C=O) groups is 1. The first-order valence-electron chi connectivity index (χ1n) is 7.96. The number of nitrogens with zero attached hydrogens (tertiary/aromatic N) is 1. The molecule has 118 valence electrons. The highest BCUT2D eigenvalue weighted by Crippen LogP contribution is 2.39. The Balaban J connectivity index is 1.79. The molecule has 2 aliphatic carbocycles. The van der Waals surface area contributed by atoms with Crippen LogP contribution in [0.5, 0.6) is 5.75 Å². The Morgan fingerprint density at radius 3 is 2.77 bits per heavy atom. The molecule has 0 spiro atoms. The summed E-state index contributed by atoms with van der Waals surface area (Å²) in [5, 5.41) is 14.2. The van der Waals surface area contributed by atoms with Crippen LogP contribution in [0.1, 0.15) is 62.5 Å². The summed E-state index contributed by atoms with van der Waals surface area (Å²) >= 11 is 0. The Kier molecular flexibility index (Phi) is 4.14. The number of phenolic OH excluding ortho intramolecular Hbond substituents is 1. The first-order chi connectivity index (χ1) is 10.6. The number of aromatic hydroxyl groups is 1. The maximum atomic E-state index is 13.9. The summed E-state index contributed by atoms with van der Waals surface area (Å²) in [6.45, 7) is 1.90. The molecule has 2 aliphatic rings. The fourth-order valence-electron chi connectivity index (χ4n) is 3.54. The van der Waals surface area contributed by atoms with Gasteiger partial charge < -0.3 is 5.11 Å². The summed E-state index contributed by atoms with van der Waals surface area (Å²) in [6, 6.07) is 2.61. The fourth-order valence-corrected chi connectivity index (χ4v) is 3.54. The monoisotopic (exact) mass is 304 g/mol. The third kappa shape index (κ3) is 2.72. The Morgan fingerprint density at radius 2 is 2.05 bits per heavy atom. The lowest BCUT2D eigenvalue weighted by Gasteiger charge is -2.19. The molecule has 4 nitrogen and oxygen atoms in total. The molecular formula is C17H21FN2O2. The molecule has 1 fully saturated rings. The van der Waals surface area contributed by atoms with E-state index in [0.717, 1.165) is 25.7 Å². The molecule has 0 heterocycles. The van der Waals surface area contributed by atoms with E-state index < -0.39 is 0 Å². The number of hydrogen-bond acceptors (Lipinski definition) is 3. The molecule has 0 unspecified atom stereocenters. The number of amides is 1. The number of carbonyl (C=O) groups excluding carboxylic acids is 1. The zero-order valence-electron chi connectivity index (χ0n) is 12.7. The van der Waals surface area contributed by atoms with E-state index in [2.05, 4.69) is 10.5 Å². The second-order valence-corrected chi connectivity index (χ2v) is 6.33. The third-order valence-corrected chi connectivity index (χ3v) is 4.73. The van der Waals surface area contributed by atoms with E-state index in [4.69, 9.17) is 0 Å². The fraction of sp³-hybridized carbons (Fsp3) is 0.529. The number of hydrogen-bond donors (Lipinski definition) is 2. The summed E-state index contributed by atoms with van der Waals surface area (Å²) in [7, 11) is 0. The van der Waals surface area contributed by atoms with Gasteiger partial charge in [-0.15, -0.1) is 0 Å². The summed E-state index contributed by atoms with van der Waals surface area (Å²) in [4.78, 5) is 12.1. The minimum absolute atomic E-state index is 0.0198. The van der Waals surface area contributed by atoms with E-state index in [-0.39, 0.29) is 29.3 Å². The van der Waals surface area contributed by atoms with Crippen LogP contribution in [0.2, 0.25) is 0 Å². The first kappa shape index (κ1) is 15.0. The molecule has 0 aromatic heterocycles. The normalized spacial score (nSPS) is 23.5. The predicted molar refractivity (Wildman–Crippen MR) is 82.4 cm³/mol. The number of halogens is 1. The quantitative estimate of drug-likeness (QED) is 0.822. The standard InChI is InChI=1S/C17H21FN2O2/c1-10-9-13(16-14(21)8-7-12(18)15(10)16)19-20-17(22)11-5-3-2-4-6-11/h7-8,10-11,21H,2-6,9H2,1H3,(H,20,22)/b19-13+/t10-/m0/s1. The lowest BCUT2D eigenvalue weighted by atomic mass is 9.89. The number of rotatable bonds is 2. The van der Waals surface area contributed by atoms with Gasteiger partial charge in [0, 0.05) is 17.0 Å². The molecule has 0 radical (unpaired) electrons. The van der Waals surface area contributed by atoms with Crippen molar-refractivity contribution >= 4 is 11.6 Å². The highest BCUT2D eigenvalue weighted by atomic mass is 19.1. The average molecular weight is 304 g/mol. The minimum atomic E-state index is -0.330. The van der Waals surface area contributed by atoms with Gasteiger partial charge >= 0.3 is 0 Å². The zero-order valence-corrected chi connectivity index (χ0v) is 12.7. The predicted octanol–water partition coefficient (Wildman–Crippen LogP) is 3.44. The molecule has 3 rings (SSSR count). The van der Waals surface area contributed by atoms with Crippen molar-refractivity contribution in [1.29, 1.82) is 0 Å². The van der Waals surface area contributed by atoms with Crippen molar-refractivity contribution in [3.63, 3.8) is 0 Å². The van der Waals surface area contributed by atoms with Gasteiger partial charge in [-0.2, -0.15) is 5.10 Å². The Labute approximate surface area is 129 Å². The number of phenols is 1. The summed E-state index contributed by atoms with van der Waals surface area (Å²) in [5.41, 5.74) is 4.11. The number of hydrazone groups is 1. The van der Waals surface area contributed by atoms with E-state index in [0.29, 0.717) is 23.3 Å². The van der Waals surface area contributed by atoms with Crippen LogP contribution in [-0.2, 0) is 4.79 Å². The van der Waals surface area contributed by atoms with Crippen LogP contribution in [0.3, 0.4) is 0 Å². The van der Waals surface area contributed by atoms with E-state index in [1.807, 2.05) is 6.92 Å². The molecular weight excluding hydrogens is 283 g/mol. The van der Waals surface area contributed by atoms with Gasteiger partial charge in [-0.25, -0.2) is 9.82 Å². The van der Waals surface area contributed by atoms with Crippen molar-refractivity contribution in [2.45, 2.75) is 51.4 Å². The second-order valence-electron chi connectivity index (χ2n) is 6.33. The van der Waals surface area contributed by atoms with Gasteiger partial charge in [-0.05, 0) is 37.3 Å². The van der Waals surface area contributed by atoms with Gasteiger partial charge in [-0.1, -0.05) is 26.2 Å². The first-order valence-corrected chi connectivity index (χ1v) is 7.96. The van der Waals surface area contributed by atoms with Crippen molar-refractivity contribution in [2.24, 2.45) is 11.0 Å². The minimum Gasteiger partial charge on any atom is -0.507 e. The maximum Gasteiger partial charge on any atom is 0.243 e. The van der Waals surface area contributed by atoms with Crippen LogP contribution in [0.15, 0.2) is 17.2 Å². The van der Waals surface area contributed by atoms with Gasteiger partial charge in [0.1, 0.15) is 11.6 Å². The van der Waals surface area contributed by atoms with Crippen LogP contribution in [0, 0.1) is 11.7 Å². The van der Waals surface area contributed by atoms with Crippen LogP contribution in [0.4, 0.5) is 4.39 Å². The van der Waals surface area contributed by atoms with Crippen LogP contribution in [-0.4, -0.2) is 16.7 Å². The van der Waals surface area contributed by atoms with Gasteiger partial charge in [0.15, 0.2) is 0 Å². The third-order valence-electron chi connectivity index (χ3n) is 4.73. The SMILES string of the molecule is C[C@H]1C/C(=N\NC(=O)C2CCCCC2)c2c(O)ccc(F)c21. The van der Waals surface area contributed by atoms with Crippen LogP contribution >= 0.6 is 0 Å². The van der Waals surface area contributed by atoms with Crippen molar-refractivity contribution < 1.29 is 14.3 Å². The molecule has 0 saturated heterocycles. The second kappa shape index (κ2) is 6.07. The number of benzene rings is 1. The zero-order chi connectivity index (χ0) is 15.7. The highest BCUT2D eigenvalue weighted by molar-refractivity contribution is 6.07. The number of nitrogens with one attached hydrogen (secondary N) is 1. The molecule has 1 atom stereocenters. The smallest absolute Gasteiger partial charge is 0.243 e. The van der Waals surface area contributed by atoms with Gasteiger partial charge in [0.2, 0.25) is 5.91 Å². The summed E-state index contributed by atoms with van der Waals surface area (Å²) in [5.74, 6) is -0.398. The highest BCUT2D eigenvalue weighted by Gasteiger charge is 2.31. The lowest BCUT2D eigenvalue weighted by molar-refractivity contribution is -0.125. The molecule has 2 N–H and O–H groups in total. The Bertz CT molecular complexity index is 621. The molecule has 5 heteroatoms. The summed E-state index contributed by atoms with van der Waals surface area (Å²) < 4.78 is 13.9. The Hall–Kier alpha value is -1.91. The van der Waals surface area contributed by atoms with Gasteiger partial charge in [0.25, 0.3) is 0 Å². The average Bonchev–Trinajstić information content (AvgIpc) is 2.87. The van der Waals surface area contributed by atoms with Crippen LogP contribution in [0.25, 0.3) is 0 Å². The molecule has 0 aliphatic heterocycles. The molecule has 1 amide bonds. The molecule has 1 saturated carbocycles. The lowest BCUT2D eigenvalue weighted by Crippen LogP contribution is -2.29. The van der Waals surface area contributed by atoms with Crippen molar-refractivity contribution in [3.05, 3.63) is 29.1 Å². The van der Waals surface area contributed by atoms with Crippen molar-refractivity contribution in [2.75, 3.05) is 0 Å². The molecule has 22 heavy (non-hydrogen) atoms. The Morgan fingerprint density at radius 1 is 1.32 bits per heavy atom. The van der Waals surface area contributed by atoms with Crippen LogP contribution < -0.4 is 5.43 Å². The molecule has 1 aromatic carbocycles. The van der Waals surface area contributed by atoms with Crippen molar-refractivity contribution in [3.8, 4) is 5.75 Å². The largest absolute Gasteiger partial charge is 0.507 e. The van der Waals surface area contributed by atoms with Gasteiger partial charge in [-0.3, -0.25) is 4.79 Å². The maximum absolute atomic E-state index is 13.9. The van der Waals surface area contributed by atoms with E-state index >= 15 is 0 Å². The van der Waals surface area contributed by atoms with Gasteiger partial charge in [0.05, 0.1) is 5.71 Å². The van der Waals surface area contributed by atoms with E-state index in [1.54, 1.807) is 0 Å². The van der Waals surface area contributed by atoms with Crippen molar-refractivity contribution in [1.82, 2.24) is 5.43 Å². The topological polar surface area (TPSA) is 61.7 Å². The van der Waals surface area contributed by atoms with E-state index in [1.165, 1.54) is 18.6 Å². The summed E-state index contributed by atoms with van der Waals surface area (Å²) in [6.07, 6.45) is 5.69. The molecule has 1 aromatic rings. The molecule has 0 bridgehead atoms. The van der Waals surface area contributed by atoms with E-state index in [9.17, 15) is 14.3 Å².